The number of hydrogen-bond donors (Lipinski definition) is 2. The average molecular weight is 410 g/mol. The highest BCUT2D eigenvalue weighted by Gasteiger charge is 2.17. The van der Waals surface area contributed by atoms with Crippen LogP contribution in [0.1, 0.15) is 16.7 Å². The van der Waals surface area contributed by atoms with Gasteiger partial charge in [-0.15, -0.1) is 10.2 Å². The van der Waals surface area contributed by atoms with Crippen molar-refractivity contribution in [1.29, 1.82) is 0 Å². The summed E-state index contributed by atoms with van der Waals surface area (Å²) < 4.78 is 1.65. The molecule has 0 unspecified atom stereocenters. The molecule has 0 aliphatic heterocycles. The van der Waals surface area contributed by atoms with Crippen molar-refractivity contribution in [1.82, 2.24) is 14.8 Å². The van der Waals surface area contributed by atoms with Crippen LogP contribution in [0.3, 0.4) is 0 Å². The zero-order valence-electron chi connectivity index (χ0n) is 16.6. The quantitative estimate of drug-likeness (QED) is 0.584. The molecule has 0 aliphatic carbocycles. The molecular weight excluding hydrogens is 386 g/mol. The lowest BCUT2D eigenvalue weighted by Gasteiger charge is -2.11. The number of nitrogens with two attached hydrogens (primary N) is 1. The Morgan fingerprint density at radius 2 is 1.76 bits per heavy atom. The van der Waals surface area contributed by atoms with Gasteiger partial charge in [-0.3, -0.25) is 14.2 Å². The minimum Gasteiger partial charge on any atom is -0.368 e. The highest BCUT2D eigenvalue weighted by Crippen LogP contribution is 2.25. The number of carbonyl (C=O) groups excluding carboxylic acids is 2. The van der Waals surface area contributed by atoms with Crippen LogP contribution in [0, 0.1) is 20.8 Å². The highest BCUT2D eigenvalue weighted by molar-refractivity contribution is 7.99. The van der Waals surface area contributed by atoms with E-state index in [1.165, 1.54) is 11.8 Å². The Kier molecular flexibility index (Phi) is 6.33. The predicted octanol–water partition coefficient (Wildman–Crippen LogP) is 3.09. The Bertz CT molecular complexity index is 1040. The Morgan fingerprint density at radius 3 is 2.41 bits per heavy atom. The molecule has 3 rings (SSSR count). The van der Waals surface area contributed by atoms with Crippen LogP contribution >= 0.6 is 11.8 Å². The van der Waals surface area contributed by atoms with Gasteiger partial charge >= 0.3 is 0 Å². The first kappa shape index (κ1) is 20.6. The van der Waals surface area contributed by atoms with Gasteiger partial charge in [0.2, 0.25) is 11.8 Å². The monoisotopic (exact) mass is 409 g/mol. The smallest absolute Gasteiger partial charge is 0.237 e. The molecule has 2 amide bonds. The van der Waals surface area contributed by atoms with E-state index >= 15 is 0 Å². The highest BCUT2D eigenvalue weighted by atomic mass is 32.2. The first-order valence-electron chi connectivity index (χ1n) is 9.12. The van der Waals surface area contributed by atoms with Crippen molar-refractivity contribution >= 4 is 29.3 Å². The van der Waals surface area contributed by atoms with E-state index in [9.17, 15) is 9.59 Å². The summed E-state index contributed by atoms with van der Waals surface area (Å²) in [5, 5.41) is 11.8. The van der Waals surface area contributed by atoms with Gasteiger partial charge in [0.25, 0.3) is 0 Å². The van der Waals surface area contributed by atoms with E-state index in [1.54, 1.807) is 4.57 Å². The fourth-order valence-electron chi connectivity index (χ4n) is 3.01. The van der Waals surface area contributed by atoms with Crippen LogP contribution in [0.4, 0.5) is 5.69 Å². The van der Waals surface area contributed by atoms with Gasteiger partial charge < -0.3 is 11.1 Å². The van der Waals surface area contributed by atoms with Crippen LogP contribution in [0.2, 0.25) is 0 Å². The van der Waals surface area contributed by atoms with Gasteiger partial charge in [-0.25, -0.2) is 0 Å². The molecule has 29 heavy (non-hydrogen) atoms. The molecule has 0 radical (unpaired) electrons. The fraction of sp³-hybridized carbons (Fsp3) is 0.238. The standard InChI is InChI=1S/C21H23N5O2S/c1-13-6-4-9-16(10-13)20-24-25-21(26(20)11-17(22)27)29-12-18(28)23-19-14(2)7-5-8-15(19)3/h4-10H,11-12H2,1-3H3,(H2,22,27)(H,23,28). The topological polar surface area (TPSA) is 103 Å². The third kappa shape index (κ3) is 5.03. The van der Waals surface area contributed by atoms with Gasteiger partial charge in [0.15, 0.2) is 11.0 Å². The van der Waals surface area contributed by atoms with E-state index in [2.05, 4.69) is 15.5 Å². The fourth-order valence-corrected chi connectivity index (χ4v) is 3.75. The first-order valence-corrected chi connectivity index (χ1v) is 10.1. The Balaban J connectivity index is 1.78. The summed E-state index contributed by atoms with van der Waals surface area (Å²) in [4.78, 5) is 24.0. The average Bonchev–Trinajstić information content (AvgIpc) is 3.05. The third-order valence-corrected chi connectivity index (χ3v) is 5.35. The van der Waals surface area contributed by atoms with Crippen LogP contribution in [-0.4, -0.2) is 32.3 Å². The van der Waals surface area contributed by atoms with E-state index in [0.717, 1.165) is 27.9 Å². The van der Waals surface area contributed by atoms with Crippen molar-refractivity contribution in [2.24, 2.45) is 5.73 Å². The molecule has 0 saturated carbocycles. The third-order valence-electron chi connectivity index (χ3n) is 4.38. The number of nitrogens with one attached hydrogen (secondary N) is 1. The number of carbonyl (C=O) groups is 2. The van der Waals surface area contributed by atoms with Crippen LogP contribution < -0.4 is 11.1 Å². The number of thioether (sulfide) groups is 1. The number of amides is 2. The van der Waals surface area contributed by atoms with Gasteiger partial charge in [-0.1, -0.05) is 53.7 Å². The molecule has 1 aromatic heterocycles. The number of aryl methyl sites for hydroxylation is 3. The number of benzene rings is 2. The number of hydrogen-bond acceptors (Lipinski definition) is 5. The van der Waals surface area contributed by atoms with Gasteiger partial charge in [-0.05, 0) is 38.0 Å². The second-order valence-corrected chi connectivity index (χ2v) is 7.77. The molecule has 3 N–H and O–H groups in total. The summed E-state index contributed by atoms with van der Waals surface area (Å²) >= 11 is 1.22. The van der Waals surface area contributed by atoms with Crippen LogP contribution in [0.5, 0.6) is 0 Å². The minimum atomic E-state index is -0.500. The molecule has 0 aliphatic rings. The van der Waals surface area contributed by atoms with E-state index < -0.39 is 5.91 Å². The van der Waals surface area contributed by atoms with Crippen molar-refractivity contribution in [2.45, 2.75) is 32.5 Å². The van der Waals surface area contributed by atoms with E-state index in [1.807, 2.05) is 63.2 Å². The van der Waals surface area contributed by atoms with Crippen LogP contribution in [0.25, 0.3) is 11.4 Å². The molecule has 0 spiro atoms. The Hall–Kier alpha value is -3.13. The lowest BCUT2D eigenvalue weighted by molar-refractivity contribution is -0.118. The molecule has 0 bridgehead atoms. The first-order chi connectivity index (χ1) is 13.8. The summed E-state index contributed by atoms with van der Waals surface area (Å²) in [5.74, 6) is 0.0298. The maximum Gasteiger partial charge on any atom is 0.237 e. The number of para-hydroxylation sites is 1. The molecule has 2 aromatic carbocycles. The molecule has 1 heterocycles. The van der Waals surface area contributed by atoms with Gasteiger partial charge in [0.05, 0.1) is 5.75 Å². The number of anilines is 1. The van der Waals surface area contributed by atoms with E-state index in [0.29, 0.717) is 11.0 Å². The predicted molar refractivity (Wildman–Crippen MR) is 115 cm³/mol. The lowest BCUT2D eigenvalue weighted by atomic mass is 10.1. The molecule has 0 atom stereocenters. The van der Waals surface area contributed by atoms with E-state index in [-0.39, 0.29) is 18.2 Å². The van der Waals surface area contributed by atoms with Crippen LogP contribution in [-0.2, 0) is 16.1 Å². The van der Waals surface area contributed by atoms with Gasteiger partial charge in [-0.2, -0.15) is 0 Å². The number of rotatable bonds is 7. The molecule has 150 valence electrons. The Morgan fingerprint density at radius 1 is 1.07 bits per heavy atom. The minimum absolute atomic E-state index is 0.0584. The normalized spacial score (nSPS) is 10.7. The van der Waals surface area contributed by atoms with E-state index in [4.69, 9.17) is 5.73 Å². The van der Waals surface area contributed by atoms with Crippen molar-refractivity contribution in [2.75, 3.05) is 11.1 Å². The number of primary amides is 1. The van der Waals surface area contributed by atoms with Crippen LogP contribution in [0.15, 0.2) is 47.6 Å². The zero-order chi connectivity index (χ0) is 21.0. The molecular formula is C21H23N5O2S. The molecule has 3 aromatic rings. The molecule has 0 saturated heterocycles. The van der Waals surface area contributed by atoms with Crippen molar-refractivity contribution in [3.05, 3.63) is 59.2 Å². The second-order valence-electron chi connectivity index (χ2n) is 6.83. The van der Waals surface area contributed by atoms with Crippen molar-refractivity contribution < 1.29 is 9.59 Å². The van der Waals surface area contributed by atoms with Crippen molar-refractivity contribution in [3.8, 4) is 11.4 Å². The second kappa shape index (κ2) is 8.91. The summed E-state index contributed by atoms with van der Waals surface area (Å²) in [6.45, 7) is 5.82. The summed E-state index contributed by atoms with van der Waals surface area (Å²) in [5.41, 5.74) is 10.1. The molecule has 0 fully saturated rings. The molecule has 7 nitrogen and oxygen atoms in total. The SMILES string of the molecule is Cc1cccc(-c2nnc(SCC(=O)Nc3c(C)cccc3C)n2CC(N)=O)c1. The molecule has 8 heteroatoms. The zero-order valence-corrected chi connectivity index (χ0v) is 17.4. The summed E-state index contributed by atoms with van der Waals surface area (Å²) in [7, 11) is 0. The summed E-state index contributed by atoms with van der Waals surface area (Å²) in [6, 6.07) is 13.6. The van der Waals surface area contributed by atoms with Gasteiger partial charge in [0.1, 0.15) is 6.54 Å². The van der Waals surface area contributed by atoms with Gasteiger partial charge in [0, 0.05) is 11.3 Å². The van der Waals surface area contributed by atoms with Crippen molar-refractivity contribution in [3.63, 3.8) is 0 Å². The maximum absolute atomic E-state index is 12.5. The maximum atomic E-state index is 12.5. The Labute approximate surface area is 173 Å². The largest absolute Gasteiger partial charge is 0.368 e. The summed E-state index contributed by atoms with van der Waals surface area (Å²) in [6.07, 6.45) is 0. The lowest BCUT2D eigenvalue weighted by Crippen LogP contribution is -2.20. The number of nitrogens with zero attached hydrogens (tertiary/aromatic N) is 3. The number of aromatic nitrogens is 3.